The summed E-state index contributed by atoms with van der Waals surface area (Å²) in [5, 5.41) is 9.75. The minimum Gasteiger partial charge on any atom is -0.396 e. The van der Waals surface area contributed by atoms with E-state index in [2.05, 4.69) is 4.98 Å². The summed E-state index contributed by atoms with van der Waals surface area (Å²) in [5.41, 5.74) is 1.84. The molecule has 0 bridgehead atoms. The molecular weight excluding hydrogens is 204 g/mol. The second-order valence-corrected chi connectivity index (χ2v) is 3.65. The molecule has 2 N–H and O–H groups in total. The van der Waals surface area contributed by atoms with Crippen LogP contribution in [0.4, 0.5) is 5.69 Å². The van der Waals surface area contributed by atoms with Crippen LogP contribution >= 0.6 is 0 Å². The van der Waals surface area contributed by atoms with Crippen molar-refractivity contribution in [1.29, 1.82) is 0 Å². The van der Waals surface area contributed by atoms with E-state index >= 15 is 0 Å². The molecule has 0 atom stereocenters. The molecule has 84 valence electrons. The van der Waals surface area contributed by atoms with Crippen molar-refractivity contribution in [3.05, 3.63) is 30.5 Å². The third kappa shape index (κ3) is 1.79. The van der Waals surface area contributed by atoms with Gasteiger partial charge in [0.15, 0.2) is 0 Å². The molecule has 0 aliphatic heterocycles. The Bertz CT molecular complexity index is 504. The molecule has 2 aromatic rings. The van der Waals surface area contributed by atoms with Gasteiger partial charge in [-0.1, -0.05) is 18.2 Å². The Labute approximate surface area is 93.5 Å². The number of amides is 1. The zero-order valence-electron chi connectivity index (χ0n) is 9.10. The van der Waals surface area contributed by atoms with Gasteiger partial charge in [-0.2, -0.15) is 0 Å². The van der Waals surface area contributed by atoms with Gasteiger partial charge in [-0.05, 0) is 6.07 Å². The molecule has 0 saturated carbocycles. The van der Waals surface area contributed by atoms with Crippen LogP contribution < -0.4 is 4.90 Å². The van der Waals surface area contributed by atoms with Crippen molar-refractivity contribution in [3.63, 3.8) is 0 Å². The lowest BCUT2D eigenvalue weighted by molar-refractivity contribution is -0.118. The topological polar surface area (TPSA) is 56.3 Å². The van der Waals surface area contributed by atoms with Gasteiger partial charge in [0, 0.05) is 24.1 Å². The van der Waals surface area contributed by atoms with Gasteiger partial charge in [0.2, 0.25) is 5.91 Å². The molecule has 4 heteroatoms. The van der Waals surface area contributed by atoms with Gasteiger partial charge in [0.1, 0.15) is 0 Å². The van der Waals surface area contributed by atoms with Crippen LogP contribution in [0, 0.1) is 0 Å². The molecule has 2 rings (SSSR count). The molecule has 1 heterocycles. The van der Waals surface area contributed by atoms with Crippen LogP contribution in [0.25, 0.3) is 10.9 Å². The molecule has 4 nitrogen and oxygen atoms in total. The quantitative estimate of drug-likeness (QED) is 0.820. The average Bonchev–Trinajstić information content (AvgIpc) is 2.72. The second-order valence-electron chi connectivity index (χ2n) is 3.65. The second kappa shape index (κ2) is 4.37. The van der Waals surface area contributed by atoms with E-state index in [0.29, 0.717) is 0 Å². The van der Waals surface area contributed by atoms with Gasteiger partial charge in [-0.3, -0.25) is 4.79 Å². The van der Waals surface area contributed by atoms with Crippen LogP contribution in [0.1, 0.15) is 6.42 Å². The summed E-state index contributed by atoms with van der Waals surface area (Å²) < 4.78 is 0. The van der Waals surface area contributed by atoms with Crippen LogP contribution in [-0.2, 0) is 4.79 Å². The van der Waals surface area contributed by atoms with Crippen molar-refractivity contribution in [2.75, 3.05) is 18.6 Å². The van der Waals surface area contributed by atoms with Gasteiger partial charge in [-0.15, -0.1) is 0 Å². The van der Waals surface area contributed by atoms with E-state index in [-0.39, 0.29) is 18.9 Å². The van der Waals surface area contributed by atoms with Gasteiger partial charge in [0.25, 0.3) is 0 Å². The number of anilines is 1. The van der Waals surface area contributed by atoms with Crippen LogP contribution in [0.3, 0.4) is 0 Å². The number of aromatic amines is 1. The first kappa shape index (κ1) is 10.7. The molecule has 0 aliphatic rings. The SMILES string of the molecule is CN(C(=O)CCO)c1c[nH]c2ccccc12. The van der Waals surface area contributed by atoms with Crippen molar-refractivity contribution in [2.45, 2.75) is 6.42 Å². The minimum absolute atomic E-state index is 0.0905. The fourth-order valence-electron chi connectivity index (χ4n) is 1.73. The molecular formula is C12H14N2O2. The Balaban J connectivity index is 2.36. The predicted octanol–water partition coefficient (Wildman–Crippen LogP) is 1.51. The minimum atomic E-state index is -0.120. The number of hydrogen-bond acceptors (Lipinski definition) is 2. The van der Waals surface area contributed by atoms with Crippen molar-refractivity contribution < 1.29 is 9.90 Å². The molecule has 0 unspecified atom stereocenters. The molecule has 1 aromatic carbocycles. The number of nitrogens with one attached hydrogen (secondary N) is 1. The van der Waals surface area contributed by atoms with Crippen LogP contribution in [0.2, 0.25) is 0 Å². The molecule has 0 aliphatic carbocycles. The highest BCUT2D eigenvalue weighted by Crippen LogP contribution is 2.25. The highest BCUT2D eigenvalue weighted by molar-refractivity contribution is 6.02. The molecule has 1 amide bonds. The van der Waals surface area contributed by atoms with E-state index in [1.165, 1.54) is 0 Å². The maximum atomic E-state index is 11.6. The summed E-state index contributed by atoms with van der Waals surface area (Å²) in [6.45, 7) is -0.120. The highest BCUT2D eigenvalue weighted by Gasteiger charge is 2.13. The van der Waals surface area contributed by atoms with Crippen molar-refractivity contribution in [2.24, 2.45) is 0 Å². The van der Waals surface area contributed by atoms with E-state index in [0.717, 1.165) is 16.6 Å². The van der Waals surface area contributed by atoms with Crippen LogP contribution in [0.5, 0.6) is 0 Å². The number of para-hydroxylation sites is 1. The Morgan fingerprint density at radius 2 is 2.19 bits per heavy atom. The third-order valence-electron chi connectivity index (χ3n) is 2.63. The maximum Gasteiger partial charge on any atom is 0.229 e. The Hall–Kier alpha value is -1.81. The number of hydrogen-bond donors (Lipinski definition) is 2. The predicted molar refractivity (Wildman–Crippen MR) is 63.4 cm³/mol. The average molecular weight is 218 g/mol. The normalized spacial score (nSPS) is 10.6. The number of benzene rings is 1. The van der Waals surface area contributed by atoms with Gasteiger partial charge in [-0.25, -0.2) is 0 Å². The monoisotopic (exact) mass is 218 g/mol. The first-order chi connectivity index (χ1) is 7.74. The number of rotatable bonds is 3. The zero-order valence-corrected chi connectivity index (χ0v) is 9.10. The smallest absolute Gasteiger partial charge is 0.229 e. The van der Waals surface area contributed by atoms with E-state index in [4.69, 9.17) is 5.11 Å². The van der Waals surface area contributed by atoms with Crippen LogP contribution in [-0.4, -0.2) is 29.7 Å². The van der Waals surface area contributed by atoms with Crippen molar-refractivity contribution in [1.82, 2.24) is 4.98 Å². The summed E-state index contributed by atoms with van der Waals surface area (Å²) in [5.74, 6) is -0.0905. The number of aliphatic hydroxyl groups excluding tert-OH is 1. The summed E-state index contributed by atoms with van der Waals surface area (Å²) >= 11 is 0. The number of H-pyrrole nitrogens is 1. The molecule has 0 radical (unpaired) electrons. The lowest BCUT2D eigenvalue weighted by Gasteiger charge is -2.15. The third-order valence-corrected chi connectivity index (χ3v) is 2.63. The summed E-state index contributed by atoms with van der Waals surface area (Å²) in [7, 11) is 1.72. The summed E-state index contributed by atoms with van der Waals surface area (Å²) in [6.07, 6.45) is 1.95. The number of aliphatic hydroxyl groups is 1. The Morgan fingerprint density at radius 1 is 1.44 bits per heavy atom. The van der Waals surface area contributed by atoms with E-state index < -0.39 is 0 Å². The van der Waals surface area contributed by atoms with Gasteiger partial charge in [0.05, 0.1) is 18.7 Å². The summed E-state index contributed by atoms with van der Waals surface area (Å²) in [4.78, 5) is 16.3. The van der Waals surface area contributed by atoms with E-state index in [1.54, 1.807) is 18.1 Å². The first-order valence-electron chi connectivity index (χ1n) is 5.17. The highest BCUT2D eigenvalue weighted by atomic mass is 16.3. The van der Waals surface area contributed by atoms with Gasteiger partial charge < -0.3 is 15.0 Å². The molecule has 0 fully saturated rings. The molecule has 0 spiro atoms. The van der Waals surface area contributed by atoms with Gasteiger partial charge >= 0.3 is 0 Å². The molecule has 0 saturated heterocycles. The van der Waals surface area contributed by atoms with E-state index in [1.807, 2.05) is 24.3 Å². The Kier molecular flexibility index (Phi) is 2.92. The lowest BCUT2D eigenvalue weighted by Crippen LogP contribution is -2.26. The van der Waals surface area contributed by atoms with Crippen molar-refractivity contribution in [3.8, 4) is 0 Å². The largest absolute Gasteiger partial charge is 0.396 e. The fraction of sp³-hybridized carbons (Fsp3) is 0.250. The number of nitrogens with zero attached hydrogens (tertiary/aromatic N) is 1. The lowest BCUT2D eigenvalue weighted by atomic mass is 10.2. The number of aromatic nitrogens is 1. The number of carbonyl (C=O) groups is 1. The maximum absolute atomic E-state index is 11.6. The number of fused-ring (bicyclic) bond motifs is 1. The molecule has 1 aromatic heterocycles. The van der Waals surface area contributed by atoms with Crippen molar-refractivity contribution >= 4 is 22.5 Å². The standard InChI is InChI=1S/C12H14N2O2/c1-14(12(16)6-7-15)11-8-13-10-5-3-2-4-9(10)11/h2-5,8,13,15H,6-7H2,1H3. The summed E-state index contributed by atoms with van der Waals surface area (Å²) in [6, 6.07) is 7.80. The Morgan fingerprint density at radius 3 is 2.94 bits per heavy atom. The van der Waals surface area contributed by atoms with E-state index in [9.17, 15) is 4.79 Å². The first-order valence-corrected chi connectivity index (χ1v) is 5.17. The van der Waals surface area contributed by atoms with Crippen LogP contribution in [0.15, 0.2) is 30.5 Å². The fourth-order valence-corrected chi connectivity index (χ4v) is 1.73. The number of carbonyl (C=O) groups excluding carboxylic acids is 1. The molecule has 16 heavy (non-hydrogen) atoms. The zero-order chi connectivity index (χ0) is 11.5.